The number of esters is 1. The van der Waals surface area contributed by atoms with Crippen molar-refractivity contribution in [2.75, 3.05) is 18.5 Å². The molecule has 2 aromatic rings. The molecule has 0 aliphatic rings. The summed E-state index contributed by atoms with van der Waals surface area (Å²) < 4.78 is 9.95. The Labute approximate surface area is 149 Å². The first kappa shape index (κ1) is 18.7. The summed E-state index contributed by atoms with van der Waals surface area (Å²) in [7, 11) is 0. The summed E-state index contributed by atoms with van der Waals surface area (Å²) in [5.74, 6) is -0.626. The maximum atomic E-state index is 12.0. The molecule has 2 amide bonds. The van der Waals surface area contributed by atoms with E-state index in [4.69, 9.17) is 9.15 Å². The van der Waals surface area contributed by atoms with E-state index >= 15 is 0 Å². The van der Waals surface area contributed by atoms with Crippen molar-refractivity contribution in [3.63, 3.8) is 0 Å². The molecule has 2 aromatic heterocycles. The Hall–Kier alpha value is -2.61. The Balaban J connectivity index is 1.74. The molecule has 2 rings (SSSR count). The Morgan fingerprint density at radius 2 is 2.12 bits per heavy atom. The molecule has 0 aliphatic heterocycles. The van der Waals surface area contributed by atoms with E-state index in [1.54, 1.807) is 32.0 Å². The van der Waals surface area contributed by atoms with Gasteiger partial charge in [-0.15, -0.1) is 11.3 Å². The van der Waals surface area contributed by atoms with Crippen molar-refractivity contribution in [1.29, 1.82) is 0 Å². The zero-order valence-electron chi connectivity index (χ0n) is 14.1. The molecule has 25 heavy (non-hydrogen) atoms. The van der Waals surface area contributed by atoms with E-state index < -0.39 is 0 Å². The summed E-state index contributed by atoms with van der Waals surface area (Å²) >= 11 is 1.19. The lowest BCUT2D eigenvalue weighted by Crippen LogP contribution is -2.25. The SMILES string of the molecule is CCOC(=O)c1sc(NC(=O)CCCNC(=O)c2ccco2)cc1C. The van der Waals surface area contributed by atoms with Crippen LogP contribution in [-0.4, -0.2) is 30.9 Å². The predicted molar refractivity (Wildman–Crippen MR) is 93.9 cm³/mol. The molecule has 0 saturated carbocycles. The van der Waals surface area contributed by atoms with Crippen LogP contribution < -0.4 is 10.6 Å². The van der Waals surface area contributed by atoms with Gasteiger partial charge in [0.1, 0.15) is 4.88 Å². The molecule has 0 aromatic carbocycles. The van der Waals surface area contributed by atoms with E-state index in [1.165, 1.54) is 17.6 Å². The van der Waals surface area contributed by atoms with Gasteiger partial charge in [-0.05, 0) is 44.0 Å². The number of hydrogen-bond donors (Lipinski definition) is 2. The van der Waals surface area contributed by atoms with E-state index in [0.717, 1.165) is 5.56 Å². The topological polar surface area (TPSA) is 97.6 Å². The van der Waals surface area contributed by atoms with Gasteiger partial charge in [-0.3, -0.25) is 9.59 Å². The first-order valence-electron chi connectivity index (χ1n) is 7.90. The molecule has 0 fully saturated rings. The lowest BCUT2D eigenvalue weighted by Gasteiger charge is -2.04. The highest BCUT2D eigenvalue weighted by Crippen LogP contribution is 2.27. The third kappa shape index (κ3) is 5.46. The number of ether oxygens (including phenoxy) is 1. The Morgan fingerprint density at radius 3 is 2.80 bits per heavy atom. The second-order valence-corrected chi connectivity index (χ2v) is 6.28. The number of nitrogens with one attached hydrogen (secondary N) is 2. The number of rotatable bonds is 8. The van der Waals surface area contributed by atoms with E-state index in [1.807, 2.05) is 0 Å². The normalized spacial score (nSPS) is 10.3. The fourth-order valence-electron chi connectivity index (χ4n) is 2.09. The molecule has 8 heteroatoms. The van der Waals surface area contributed by atoms with Gasteiger partial charge in [0, 0.05) is 13.0 Å². The van der Waals surface area contributed by atoms with E-state index in [-0.39, 0.29) is 30.0 Å². The summed E-state index contributed by atoms with van der Waals surface area (Å²) in [6, 6.07) is 4.95. The van der Waals surface area contributed by atoms with E-state index in [9.17, 15) is 14.4 Å². The van der Waals surface area contributed by atoms with Gasteiger partial charge in [0.2, 0.25) is 5.91 Å². The summed E-state index contributed by atoms with van der Waals surface area (Å²) in [6.07, 6.45) is 2.17. The van der Waals surface area contributed by atoms with Crippen molar-refractivity contribution >= 4 is 34.1 Å². The fourth-order valence-corrected chi connectivity index (χ4v) is 3.07. The van der Waals surface area contributed by atoms with Crippen molar-refractivity contribution in [3.8, 4) is 0 Å². The number of aryl methyl sites for hydroxylation is 1. The third-order valence-electron chi connectivity index (χ3n) is 3.25. The molecular formula is C17H20N2O5S. The Bertz CT molecular complexity index is 736. The largest absolute Gasteiger partial charge is 0.462 e. The second kappa shape index (κ2) is 9.03. The minimum absolute atomic E-state index is 0.177. The summed E-state index contributed by atoms with van der Waals surface area (Å²) in [4.78, 5) is 35.9. The predicted octanol–water partition coefficient (Wildman–Crippen LogP) is 2.97. The zero-order chi connectivity index (χ0) is 18.2. The van der Waals surface area contributed by atoms with Gasteiger partial charge in [0.05, 0.1) is 17.9 Å². The van der Waals surface area contributed by atoms with Crippen LogP contribution in [0.5, 0.6) is 0 Å². The number of amides is 2. The minimum Gasteiger partial charge on any atom is -0.462 e. The molecule has 0 radical (unpaired) electrons. The van der Waals surface area contributed by atoms with Gasteiger partial charge in [0.15, 0.2) is 5.76 Å². The zero-order valence-corrected chi connectivity index (χ0v) is 14.9. The van der Waals surface area contributed by atoms with Gasteiger partial charge < -0.3 is 19.8 Å². The molecule has 0 saturated heterocycles. The van der Waals surface area contributed by atoms with E-state index in [0.29, 0.717) is 29.5 Å². The molecule has 134 valence electrons. The van der Waals surface area contributed by atoms with Crippen LogP contribution in [0.2, 0.25) is 0 Å². The lowest BCUT2D eigenvalue weighted by atomic mass is 10.2. The number of carbonyl (C=O) groups excluding carboxylic acids is 3. The second-order valence-electron chi connectivity index (χ2n) is 5.23. The fraction of sp³-hybridized carbons (Fsp3) is 0.353. The quantitative estimate of drug-likeness (QED) is 0.554. The molecule has 0 aliphatic carbocycles. The average Bonchev–Trinajstić information content (AvgIpc) is 3.21. The van der Waals surface area contributed by atoms with Crippen molar-refractivity contribution in [2.45, 2.75) is 26.7 Å². The highest BCUT2D eigenvalue weighted by atomic mass is 32.1. The molecule has 2 heterocycles. The van der Waals surface area contributed by atoms with Crippen LogP contribution in [0.25, 0.3) is 0 Å². The van der Waals surface area contributed by atoms with Crippen molar-refractivity contribution in [2.24, 2.45) is 0 Å². The first-order chi connectivity index (χ1) is 12.0. The molecule has 0 unspecified atom stereocenters. The average molecular weight is 364 g/mol. The number of anilines is 1. The molecule has 0 atom stereocenters. The van der Waals surface area contributed by atoms with E-state index in [2.05, 4.69) is 10.6 Å². The number of furan rings is 1. The number of thiophene rings is 1. The molecule has 0 bridgehead atoms. The summed E-state index contributed by atoms with van der Waals surface area (Å²) in [5, 5.41) is 6.03. The van der Waals surface area contributed by atoms with Crippen LogP contribution in [0.3, 0.4) is 0 Å². The summed E-state index contributed by atoms with van der Waals surface area (Å²) in [5.41, 5.74) is 0.768. The molecule has 0 spiro atoms. The van der Waals surface area contributed by atoms with Gasteiger partial charge in [-0.25, -0.2) is 4.79 Å². The summed E-state index contributed by atoms with van der Waals surface area (Å²) in [6.45, 7) is 4.21. The highest BCUT2D eigenvalue weighted by Gasteiger charge is 2.16. The van der Waals surface area contributed by atoms with Gasteiger partial charge in [0.25, 0.3) is 5.91 Å². The van der Waals surface area contributed by atoms with Crippen molar-refractivity contribution in [3.05, 3.63) is 40.7 Å². The third-order valence-corrected chi connectivity index (χ3v) is 4.38. The Morgan fingerprint density at radius 1 is 1.32 bits per heavy atom. The van der Waals surface area contributed by atoms with Gasteiger partial charge in [-0.2, -0.15) is 0 Å². The van der Waals surface area contributed by atoms with Crippen LogP contribution in [-0.2, 0) is 9.53 Å². The van der Waals surface area contributed by atoms with Gasteiger partial charge in [-0.1, -0.05) is 0 Å². The molecular weight excluding hydrogens is 344 g/mol. The van der Waals surface area contributed by atoms with Gasteiger partial charge >= 0.3 is 5.97 Å². The maximum absolute atomic E-state index is 12.0. The monoisotopic (exact) mass is 364 g/mol. The Kier molecular flexibility index (Phi) is 6.76. The van der Waals surface area contributed by atoms with Crippen LogP contribution >= 0.6 is 11.3 Å². The standard InChI is InChI=1S/C17H20N2O5S/c1-3-23-17(22)15-11(2)10-14(25-15)19-13(20)7-4-8-18-16(21)12-6-5-9-24-12/h5-6,9-10H,3-4,7-8H2,1-2H3,(H,18,21)(H,19,20). The number of carbonyl (C=O) groups is 3. The smallest absolute Gasteiger partial charge is 0.348 e. The lowest BCUT2D eigenvalue weighted by molar-refractivity contribution is -0.116. The first-order valence-corrected chi connectivity index (χ1v) is 8.72. The van der Waals surface area contributed by atoms with Crippen LogP contribution in [0.4, 0.5) is 5.00 Å². The maximum Gasteiger partial charge on any atom is 0.348 e. The van der Waals surface area contributed by atoms with Crippen LogP contribution in [0.1, 0.15) is 45.6 Å². The minimum atomic E-state index is -0.383. The highest BCUT2D eigenvalue weighted by molar-refractivity contribution is 7.18. The van der Waals surface area contributed by atoms with Crippen molar-refractivity contribution in [1.82, 2.24) is 5.32 Å². The number of hydrogen-bond acceptors (Lipinski definition) is 6. The van der Waals surface area contributed by atoms with Crippen LogP contribution in [0, 0.1) is 6.92 Å². The molecule has 7 nitrogen and oxygen atoms in total. The molecule has 2 N–H and O–H groups in total. The van der Waals surface area contributed by atoms with Crippen LogP contribution in [0.15, 0.2) is 28.9 Å². The van der Waals surface area contributed by atoms with Crippen molar-refractivity contribution < 1.29 is 23.5 Å².